The third kappa shape index (κ3) is 3.61. The van der Waals surface area contributed by atoms with Gasteiger partial charge in [-0.15, -0.1) is 0 Å². The molecule has 0 bridgehead atoms. The number of nitrogens with zero attached hydrogens (tertiary/aromatic N) is 2. The highest BCUT2D eigenvalue weighted by Crippen LogP contribution is 2.30. The summed E-state index contributed by atoms with van der Waals surface area (Å²) in [6.07, 6.45) is 1.76. The average molecular weight is 453 g/mol. The molecule has 1 atom stereocenters. The predicted octanol–water partition coefficient (Wildman–Crippen LogP) is 5.62. The molecular formula is C27H23N3O4. The van der Waals surface area contributed by atoms with E-state index in [1.807, 2.05) is 45.0 Å². The minimum atomic E-state index is -1.01. The minimum absolute atomic E-state index is 0.171. The molecule has 7 nitrogen and oxygen atoms in total. The molecular weight excluding hydrogens is 430 g/mol. The number of rotatable bonds is 5. The van der Waals surface area contributed by atoms with Crippen molar-refractivity contribution < 1.29 is 14.3 Å². The molecule has 0 radical (unpaired) electrons. The quantitative estimate of drug-likeness (QED) is 0.358. The zero-order valence-corrected chi connectivity index (χ0v) is 19.0. The Kier molecular flexibility index (Phi) is 5.17. The Morgan fingerprint density at radius 2 is 1.85 bits per heavy atom. The maximum absolute atomic E-state index is 13.1. The number of anilines is 1. The Morgan fingerprint density at radius 3 is 2.65 bits per heavy atom. The van der Waals surface area contributed by atoms with Gasteiger partial charge in [0, 0.05) is 22.7 Å². The van der Waals surface area contributed by atoms with Crippen molar-refractivity contribution in [3.05, 3.63) is 99.3 Å². The second-order valence-electron chi connectivity index (χ2n) is 8.46. The van der Waals surface area contributed by atoms with Gasteiger partial charge in [-0.1, -0.05) is 30.3 Å². The van der Waals surface area contributed by atoms with Crippen molar-refractivity contribution in [1.29, 1.82) is 0 Å². The van der Waals surface area contributed by atoms with Crippen molar-refractivity contribution in [2.24, 2.45) is 0 Å². The molecule has 0 saturated heterocycles. The van der Waals surface area contributed by atoms with E-state index in [4.69, 9.17) is 4.42 Å². The lowest BCUT2D eigenvalue weighted by molar-refractivity contribution is 0.0698. The van der Waals surface area contributed by atoms with Gasteiger partial charge >= 0.3 is 5.97 Å². The summed E-state index contributed by atoms with van der Waals surface area (Å²) < 4.78 is 7.93. The number of benzene rings is 3. The second-order valence-corrected chi connectivity index (χ2v) is 8.46. The molecule has 7 heteroatoms. The van der Waals surface area contributed by atoms with Gasteiger partial charge in [-0.25, -0.2) is 4.79 Å². The van der Waals surface area contributed by atoms with E-state index in [2.05, 4.69) is 10.4 Å². The van der Waals surface area contributed by atoms with Crippen LogP contribution in [0.25, 0.3) is 27.8 Å². The van der Waals surface area contributed by atoms with E-state index in [0.717, 1.165) is 27.6 Å². The van der Waals surface area contributed by atoms with Gasteiger partial charge in [0.15, 0.2) is 5.43 Å². The van der Waals surface area contributed by atoms with Crippen molar-refractivity contribution in [2.75, 3.05) is 5.32 Å². The molecule has 5 aromatic rings. The summed E-state index contributed by atoms with van der Waals surface area (Å²) >= 11 is 0. The Bertz CT molecular complexity index is 1630. The van der Waals surface area contributed by atoms with E-state index in [9.17, 15) is 14.7 Å². The van der Waals surface area contributed by atoms with Crippen molar-refractivity contribution >= 4 is 33.5 Å². The number of fused-ring (bicyclic) bond motifs is 2. The van der Waals surface area contributed by atoms with E-state index >= 15 is 0 Å². The van der Waals surface area contributed by atoms with Crippen molar-refractivity contribution in [1.82, 2.24) is 9.78 Å². The fourth-order valence-electron chi connectivity index (χ4n) is 4.33. The first-order valence-corrected chi connectivity index (χ1v) is 10.9. The molecule has 2 aromatic heterocycles. The number of aromatic nitrogens is 2. The van der Waals surface area contributed by atoms with Gasteiger partial charge in [0.2, 0.25) is 5.88 Å². The monoisotopic (exact) mass is 453 g/mol. The van der Waals surface area contributed by atoms with Gasteiger partial charge in [0.25, 0.3) is 0 Å². The molecule has 0 aliphatic rings. The predicted molar refractivity (Wildman–Crippen MR) is 132 cm³/mol. The maximum atomic E-state index is 13.1. The number of hydrogen-bond donors (Lipinski definition) is 2. The van der Waals surface area contributed by atoms with Crippen LogP contribution in [0.4, 0.5) is 5.69 Å². The van der Waals surface area contributed by atoms with Gasteiger partial charge in [-0.2, -0.15) is 9.78 Å². The van der Waals surface area contributed by atoms with E-state index in [1.165, 1.54) is 6.07 Å². The highest BCUT2D eigenvalue weighted by atomic mass is 16.4. The van der Waals surface area contributed by atoms with Crippen LogP contribution in [0.2, 0.25) is 0 Å². The van der Waals surface area contributed by atoms with E-state index in [1.54, 1.807) is 41.2 Å². The Balaban J connectivity index is 1.67. The molecule has 2 heterocycles. The summed E-state index contributed by atoms with van der Waals surface area (Å²) in [6.45, 7) is 5.83. The summed E-state index contributed by atoms with van der Waals surface area (Å²) in [5.41, 5.74) is 4.52. The molecule has 34 heavy (non-hydrogen) atoms. The first-order chi connectivity index (χ1) is 16.3. The number of carboxylic acid groups (broad SMARTS) is 1. The number of carbonyl (C=O) groups is 1. The molecule has 0 fully saturated rings. The van der Waals surface area contributed by atoms with Crippen molar-refractivity contribution in [3.8, 4) is 5.88 Å². The fourth-order valence-corrected chi connectivity index (χ4v) is 4.33. The SMILES string of the molecule is Cc1cc([C@@H](C)Nc2ccccc2C(=O)O)c2oc(-n3ncc4c(C)cccc43)cc(=O)c2c1. The van der Waals surface area contributed by atoms with Crippen LogP contribution in [-0.4, -0.2) is 20.9 Å². The summed E-state index contributed by atoms with van der Waals surface area (Å²) in [7, 11) is 0. The molecule has 170 valence electrons. The summed E-state index contributed by atoms with van der Waals surface area (Å²) in [4.78, 5) is 24.8. The van der Waals surface area contributed by atoms with Crippen LogP contribution in [-0.2, 0) is 0 Å². The smallest absolute Gasteiger partial charge is 0.337 e. The summed E-state index contributed by atoms with van der Waals surface area (Å²) in [5.74, 6) is -0.694. The Hall–Kier alpha value is -4.39. The lowest BCUT2D eigenvalue weighted by Gasteiger charge is -2.19. The second kappa shape index (κ2) is 8.19. The molecule has 0 unspecified atom stereocenters. The van der Waals surface area contributed by atoms with E-state index in [0.29, 0.717) is 22.5 Å². The van der Waals surface area contributed by atoms with Crippen LogP contribution >= 0.6 is 0 Å². The number of hydrogen-bond acceptors (Lipinski definition) is 5. The van der Waals surface area contributed by atoms with Crippen molar-refractivity contribution in [2.45, 2.75) is 26.8 Å². The molecule has 0 saturated carbocycles. The van der Waals surface area contributed by atoms with Crippen LogP contribution in [0.1, 0.15) is 40.0 Å². The van der Waals surface area contributed by atoms with Gasteiger partial charge in [-0.3, -0.25) is 4.79 Å². The normalized spacial score (nSPS) is 12.2. The van der Waals surface area contributed by atoms with Gasteiger partial charge in [0.05, 0.1) is 28.7 Å². The third-order valence-electron chi connectivity index (χ3n) is 6.02. The lowest BCUT2D eigenvalue weighted by atomic mass is 10.0. The fraction of sp³-hybridized carbons (Fsp3) is 0.148. The standard InChI is InChI=1S/C27H23N3O4/c1-15-11-19(17(3)29-22-9-5-4-8-18(22)27(32)33)26-20(12-15)24(31)13-25(34-26)30-23-10-6-7-16(2)21(23)14-28-30/h4-14,17,29H,1-3H3,(H,32,33)/t17-/m1/s1. The number of aromatic carboxylic acids is 1. The topological polar surface area (TPSA) is 97.4 Å². The van der Waals surface area contributed by atoms with Crippen LogP contribution < -0.4 is 10.7 Å². The molecule has 0 amide bonds. The first kappa shape index (κ1) is 21.5. The molecule has 0 spiro atoms. The zero-order valence-electron chi connectivity index (χ0n) is 19.0. The molecule has 3 aromatic carbocycles. The number of nitrogens with one attached hydrogen (secondary N) is 1. The van der Waals surface area contributed by atoms with Crippen molar-refractivity contribution in [3.63, 3.8) is 0 Å². The Labute approximate surface area is 195 Å². The van der Waals surface area contributed by atoms with Crippen LogP contribution in [0.15, 0.2) is 76.1 Å². The van der Waals surface area contributed by atoms with Crippen LogP contribution in [0.3, 0.4) is 0 Å². The summed E-state index contributed by atoms with van der Waals surface area (Å²) in [6, 6.07) is 17.5. The minimum Gasteiger partial charge on any atom is -0.478 e. The largest absolute Gasteiger partial charge is 0.478 e. The van der Waals surface area contributed by atoms with E-state index < -0.39 is 5.97 Å². The summed E-state index contributed by atoms with van der Waals surface area (Å²) in [5, 5.41) is 18.7. The first-order valence-electron chi connectivity index (χ1n) is 10.9. The van der Waals surface area contributed by atoms with Gasteiger partial charge < -0.3 is 14.8 Å². The van der Waals surface area contributed by atoms with Crippen LogP contribution in [0.5, 0.6) is 0 Å². The number of para-hydroxylation sites is 1. The van der Waals surface area contributed by atoms with E-state index in [-0.39, 0.29) is 17.0 Å². The Morgan fingerprint density at radius 1 is 1.06 bits per heavy atom. The molecule has 5 rings (SSSR count). The average Bonchev–Trinajstić information content (AvgIpc) is 3.25. The third-order valence-corrected chi connectivity index (χ3v) is 6.02. The van der Waals surface area contributed by atoms with Gasteiger partial charge in [0.1, 0.15) is 5.58 Å². The highest BCUT2D eigenvalue weighted by molar-refractivity contribution is 5.94. The zero-order chi connectivity index (χ0) is 24.0. The number of aryl methyl sites for hydroxylation is 2. The molecule has 2 N–H and O–H groups in total. The molecule has 0 aliphatic carbocycles. The maximum Gasteiger partial charge on any atom is 0.337 e. The lowest BCUT2D eigenvalue weighted by Crippen LogP contribution is -2.13. The van der Waals surface area contributed by atoms with Crippen LogP contribution in [0, 0.1) is 13.8 Å². The van der Waals surface area contributed by atoms with Gasteiger partial charge in [-0.05, 0) is 56.2 Å². The molecule has 0 aliphatic heterocycles. The number of carboxylic acids is 1. The highest BCUT2D eigenvalue weighted by Gasteiger charge is 2.19.